The van der Waals surface area contributed by atoms with Crippen LogP contribution in [0, 0.1) is 11.8 Å². The third kappa shape index (κ3) is 14.6. The van der Waals surface area contributed by atoms with Crippen molar-refractivity contribution in [1.82, 2.24) is 41.9 Å². The number of hydrogen-bond donors (Lipinski definition) is 13. The van der Waals surface area contributed by atoms with Crippen LogP contribution in [0.2, 0.25) is 0 Å². The number of nitrogens with two attached hydrogens (primary N) is 2. The van der Waals surface area contributed by atoms with E-state index in [0.717, 1.165) is 10.9 Å². The number of hydrogen-bond acceptors (Lipinski definition) is 11. The molecule has 0 aliphatic carbocycles. The number of carbonyl (C=O) groups is 8. The number of carbonyl (C=O) groups excluding carboxylic acids is 7. The summed E-state index contributed by atoms with van der Waals surface area (Å²) >= 11 is 0. The van der Waals surface area contributed by atoms with Crippen molar-refractivity contribution < 1.29 is 53.7 Å². The Morgan fingerprint density at radius 2 is 0.908 bits per heavy atom. The Morgan fingerprint density at radius 1 is 0.538 bits per heavy atom. The first kappa shape index (κ1) is 50.8. The molecule has 21 heteroatoms. The number of benzene rings is 2. The van der Waals surface area contributed by atoms with E-state index in [-0.39, 0.29) is 37.5 Å². The number of carboxylic acid groups (broad SMARTS) is 1. The highest BCUT2D eigenvalue weighted by molar-refractivity contribution is 5.98. The molecule has 352 valence electrons. The molecule has 7 atom stereocenters. The van der Waals surface area contributed by atoms with Crippen LogP contribution >= 0.6 is 0 Å². The average Bonchev–Trinajstić information content (AvgIpc) is 3.86. The van der Waals surface area contributed by atoms with Crippen molar-refractivity contribution in [2.75, 3.05) is 13.2 Å². The quantitative estimate of drug-likeness (QED) is 0.0370. The van der Waals surface area contributed by atoms with Crippen LogP contribution in [0.5, 0.6) is 0 Å². The summed E-state index contributed by atoms with van der Waals surface area (Å²) < 4.78 is 0. The maximum absolute atomic E-state index is 14.1. The molecule has 0 spiro atoms. The molecule has 0 fully saturated rings. The van der Waals surface area contributed by atoms with Crippen LogP contribution < -0.4 is 43.4 Å². The van der Waals surface area contributed by atoms with Crippen LogP contribution in [-0.4, -0.2) is 128 Å². The number of primary amides is 1. The van der Waals surface area contributed by atoms with Gasteiger partial charge in [-0.3, -0.25) is 33.6 Å². The summed E-state index contributed by atoms with van der Waals surface area (Å²) in [6, 6.07) is 3.93. The number of nitrogens with one attached hydrogen (secondary N) is 8. The monoisotopic (exact) mass is 904 g/mol. The first-order chi connectivity index (χ1) is 30.8. The minimum absolute atomic E-state index is 0.0189. The number of aliphatic hydroxyl groups is 2. The molecule has 0 bridgehead atoms. The highest BCUT2D eigenvalue weighted by Crippen LogP contribution is 2.21. The number of fused-ring (bicyclic) bond motifs is 2. The van der Waals surface area contributed by atoms with Crippen molar-refractivity contribution in [1.29, 1.82) is 0 Å². The van der Waals surface area contributed by atoms with Crippen molar-refractivity contribution in [2.45, 2.75) is 102 Å². The summed E-state index contributed by atoms with van der Waals surface area (Å²) in [5, 5.41) is 46.5. The fraction of sp³-hybridized carbons (Fsp3) is 0.455. The fourth-order valence-corrected chi connectivity index (χ4v) is 7.21. The maximum atomic E-state index is 14.1. The average molecular weight is 905 g/mol. The van der Waals surface area contributed by atoms with Gasteiger partial charge in [-0.1, -0.05) is 64.1 Å². The van der Waals surface area contributed by atoms with Crippen LogP contribution in [-0.2, 0) is 51.2 Å². The Balaban J connectivity index is 1.58. The number of carboxylic acids is 1. The predicted molar refractivity (Wildman–Crippen MR) is 238 cm³/mol. The Hall–Kier alpha value is -6.84. The summed E-state index contributed by atoms with van der Waals surface area (Å²) in [6.45, 7) is 5.23. The number of aromatic nitrogens is 2. The van der Waals surface area contributed by atoms with Gasteiger partial charge in [0, 0.05) is 47.0 Å². The van der Waals surface area contributed by atoms with Gasteiger partial charge in [0.05, 0.1) is 25.7 Å². The zero-order valence-electron chi connectivity index (χ0n) is 36.7. The third-order valence-electron chi connectivity index (χ3n) is 10.5. The van der Waals surface area contributed by atoms with E-state index in [1.165, 1.54) is 0 Å². The molecule has 0 saturated carbocycles. The summed E-state index contributed by atoms with van der Waals surface area (Å²) in [7, 11) is 0. The van der Waals surface area contributed by atoms with Gasteiger partial charge in [-0.05, 0) is 47.9 Å². The Bertz CT molecular complexity index is 2330. The van der Waals surface area contributed by atoms with Crippen molar-refractivity contribution in [3.8, 4) is 0 Å². The Morgan fingerprint density at radius 3 is 1.31 bits per heavy atom. The molecule has 65 heavy (non-hydrogen) atoms. The van der Waals surface area contributed by atoms with Crippen LogP contribution in [0.1, 0.15) is 58.1 Å². The molecule has 7 amide bonds. The number of aliphatic hydroxyl groups excluding tert-OH is 2. The molecule has 2 aromatic heterocycles. The Labute approximate surface area is 374 Å². The van der Waals surface area contributed by atoms with Crippen LogP contribution in [0.15, 0.2) is 60.9 Å². The van der Waals surface area contributed by atoms with E-state index < -0.39 is 109 Å². The lowest BCUT2D eigenvalue weighted by molar-refractivity contribution is -0.142. The van der Waals surface area contributed by atoms with E-state index in [9.17, 15) is 53.7 Å². The van der Waals surface area contributed by atoms with Crippen LogP contribution in [0.25, 0.3) is 21.8 Å². The van der Waals surface area contributed by atoms with Gasteiger partial charge in [0.15, 0.2) is 0 Å². The molecule has 15 N–H and O–H groups in total. The highest BCUT2D eigenvalue weighted by atomic mass is 16.4. The van der Waals surface area contributed by atoms with Crippen molar-refractivity contribution in [3.05, 3.63) is 72.1 Å². The molecule has 0 aliphatic rings. The van der Waals surface area contributed by atoms with E-state index in [1.54, 1.807) is 74.8 Å². The number of para-hydroxylation sites is 2. The largest absolute Gasteiger partial charge is 0.480 e. The molecular weight excluding hydrogens is 845 g/mol. The van der Waals surface area contributed by atoms with Crippen LogP contribution in [0.3, 0.4) is 0 Å². The van der Waals surface area contributed by atoms with Gasteiger partial charge in [-0.15, -0.1) is 0 Å². The Kier molecular flexibility index (Phi) is 18.5. The van der Waals surface area contributed by atoms with Gasteiger partial charge in [-0.2, -0.15) is 0 Å². The zero-order chi connectivity index (χ0) is 48.0. The minimum atomic E-state index is -1.75. The normalized spacial score (nSPS) is 14.7. The molecule has 2 heterocycles. The van der Waals surface area contributed by atoms with Crippen LogP contribution in [0.4, 0.5) is 0 Å². The molecule has 0 saturated heterocycles. The standard InChI is InChI=1S/C44H60N10O11/c1-22(2)13-28(45)38(58)49-33(17-37(46)57)41(61)54-36(21-56)43(63)51-32(16-25-19-48-30-12-8-6-10-27(25)30)40(60)53-35(20-55)42(62)50-31(39(59)52-34(44(64)65)14-23(3)4)15-24-18-47-29-11-7-5-9-26(24)29/h5-12,18-19,22-23,28,31-36,47-48,55-56H,13-17,20-21,45H2,1-4H3,(H2,46,57)(H,49,58)(H,50,62)(H,51,63)(H,52,59)(H,53,60)(H,54,61)(H,64,65)/t28-,31-,32-,33-,34-,35-,36-/m0/s1. The summed E-state index contributed by atoms with van der Waals surface area (Å²) in [4.78, 5) is 112. The number of aliphatic carboxylic acids is 1. The fourth-order valence-electron chi connectivity index (χ4n) is 7.21. The molecule has 21 nitrogen and oxygen atoms in total. The predicted octanol–water partition coefficient (Wildman–Crippen LogP) is -1.29. The second-order valence-corrected chi connectivity index (χ2v) is 16.7. The van der Waals surface area contributed by atoms with E-state index in [0.29, 0.717) is 22.0 Å². The summed E-state index contributed by atoms with van der Waals surface area (Å²) in [5.74, 6) is -8.12. The molecule has 4 rings (SSSR count). The molecule has 2 aromatic carbocycles. The molecule has 0 unspecified atom stereocenters. The zero-order valence-corrected chi connectivity index (χ0v) is 36.7. The summed E-state index contributed by atoms with van der Waals surface area (Å²) in [5.41, 5.74) is 13.8. The van der Waals surface area contributed by atoms with E-state index in [1.807, 2.05) is 13.8 Å². The molecule has 0 aliphatic heterocycles. The molecule has 0 radical (unpaired) electrons. The van der Waals surface area contributed by atoms with E-state index in [2.05, 4.69) is 41.9 Å². The van der Waals surface area contributed by atoms with Gasteiger partial charge >= 0.3 is 5.97 Å². The number of rotatable bonds is 25. The lowest BCUT2D eigenvalue weighted by Gasteiger charge is -2.27. The number of aromatic amines is 2. The summed E-state index contributed by atoms with van der Waals surface area (Å²) in [6.07, 6.45) is 2.56. The van der Waals surface area contributed by atoms with Gasteiger partial charge in [0.2, 0.25) is 41.4 Å². The lowest BCUT2D eigenvalue weighted by atomic mass is 10.0. The smallest absolute Gasteiger partial charge is 0.326 e. The number of amides is 7. The topological polar surface area (TPSA) is 353 Å². The van der Waals surface area contributed by atoms with Crippen molar-refractivity contribution >= 4 is 69.1 Å². The first-order valence-corrected chi connectivity index (χ1v) is 21.2. The van der Waals surface area contributed by atoms with E-state index >= 15 is 0 Å². The molecular formula is C44H60N10O11. The molecule has 4 aromatic rings. The van der Waals surface area contributed by atoms with Gasteiger partial charge in [0.25, 0.3) is 0 Å². The van der Waals surface area contributed by atoms with Gasteiger partial charge in [-0.25, -0.2) is 4.79 Å². The van der Waals surface area contributed by atoms with Crippen molar-refractivity contribution in [3.63, 3.8) is 0 Å². The van der Waals surface area contributed by atoms with Gasteiger partial charge < -0.3 is 68.7 Å². The third-order valence-corrected chi connectivity index (χ3v) is 10.5. The minimum Gasteiger partial charge on any atom is -0.480 e. The SMILES string of the molecule is CC(C)C[C@H](NC(=O)[C@H](Cc1c[nH]c2ccccc12)NC(=O)[C@H](CO)NC(=O)[C@H](Cc1c[nH]c2ccccc12)NC(=O)[C@H](CO)NC(=O)[C@H](CC(N)=O)NC(=O)[C@@H](N)CC(C)C)C(=O)O. The maximum Gasteiger partial charge on any atom is 0.326 e. The highest BCUT2D eigenvalue weighted by Gasteiger charge is 2.35. The first-order valence-electron chi connectivity index (χ1n) is 21.2. The lowest BCUT2D eigenvalue weighted by Crippen LogP contribution is -2.61. The second-order valence-electron chi connectivity index (χ2n) is 16.7. The van der Waals surface area contributed by atoms with Crippen molar-refractivity contribution in [2.24, 2.45) is 23.3 Å². The van der Waals surface area contributed by atoms with Gasteiger partial charge in [0.1, 0.15) is 36.3 Å². The number of H-pyrrole nitrogens is 2. The van der Waals surface area contributed by atoms with E-state index in [4.69, 9.17) is 11.5 Å². The second kappa shape index (κ2) is 23.7.